The highest BCUT2D eigenvalue weighted by Crippen LogP contribution is 2.65. The highest BCUT2D eigenvalue weighted by Gasteiger charge is 2.67. The lowest BCUT2D eigenvalue weighted by atomic mass is 9.63. The molecule has 1 aromatic carbocycles. The Balaban J connectivity index is 1.30. The number of hydrogen-bond acceptors (Lipinski definition) is 6. The fourth-order valence-electron chi connectivity index (χ4n) is 6.13. The minimum Gasteiger partial charge on any atom is -0.497 e. The van der Waals surface area contributed by atoms with E-state index in [0.717, 1.165) is 12.8 Å². The number of esters is 1. The second kappa shape index (κ2) is 8.43. The second-order valence-electron chi connectivity index (χ2n) is 9.62. The van der Waals surface area contributed by atoms with E-state index in [1.165, 1.54) is 12.0 Å². The fourth-order valence-corrected chi connectivity index (χ4v) is 6.13. The first-order chi connectivity index (χ1) is 16.0. The lowest BCUT2D eigenvalue weighted by Crippen LogP contribution is -2.47. The van der Waals surface area contributed by atoms with Gasteiger partial charge in [0.1, 0.15) is 11.8 Å². The van der Waals surface area contributed by atoms with Gasteiger partial charge < -0.3 is 9.47 Å². The number of unbranched alkanes of at least 4 members (excludes halogenated alkanes) is 1. The van der Waals surface area contributed by atoms with E-state index in [4.69, 9.17) is 9.47 Å². The quantitative estimate of drug-likeness (QED) is 0.248. The maximum atomic E-state index is 13.4. The molecule has 0 aromatic heterocycles. The molecule has 2 saturated carbocycles. The van der Waals surface area contributed by atoms with E-state index >= 15 is 0 Å². The van der Waals surface area contributed by atoms with Crippen molar-refractivity contribution in [2.24, 2.45) is 35.5 Å². The molecule has 1 aliphatic heterocycles. The zero-order chi connectivity index (χ0) is 23.3. The molecule has 1 heterocycles. The number of nitrogens with zero attached hydrogens (tertiary/aromatic N) is 1. The summed E-state index contributed by atoms with van der Waals surface area (Å²) in [5, 5.41) is 0. The molecule has 4 aliphatic carbocycles. The summed E-state index contributed by atoms with van der Waals surface area (Å²) in [4.78, 5) is 53.6. The summed E-state index contributed by atoms with van der Waals surface area (Å²) >= 11 is 0. The Labute approximate surface area is 193 Å². The molecule has 0 radical (unpaired) electrons. The molecule has 3 fully saturated rings. The number of carbonyl (C=O) groups is 4. The number of methoxy groups -OCH3 is 1. The number of rotatable bonds is 9. The monoisotopic (exact) mass is 451 g/mol. The number of benzene rings is 1. The van der Waals surface area contributed by atoms with E-state index in [9.17, 15) is 19.2 Å². The minimum atomic E-state index is -0.977. The van der Waals surface area contributed by atoms with Gasteiger partial charge in [-0.15, -0.1) is 0 Å². The molecule has 7 heteroatoms. The van der Waals surface area contributed by atoms with E-state index < -0.39 is 18.6 Å². The molecule has 0 spiro atoms. The molecule has 0 N–H and O–H groups in total. The fraction of sp³-hybridized carbons (Fsp3) is 0.538. The number of ether oxygens (including phenoxy) is 2. The molecule has 0 unspecified atom stereocenters. The third-order valence-corrected chi connectivity index (χ3v) is 7.87. The number of hydrogen-bond donors (Lipinski definition) is 0. The lowest BCUT2D eigenvalue weighted by molar-refractivity contribution is -0.158. The van der Waals surface area contributed by atoms with E-state index in [1.54, 1.807) is 24.3 Å². The standard InChI is InChI=1S/C26H29NO6/c1-3-4-5-20(26(31)33-13-21(28)14-6-8-15(32-2)9-7-14)27-24(29)22-16-10-11-17(19-12-18(16)19)23(22)25(27)30/h6-11,16-20,22-23H,3-5,12-13H2,1-2H3/t16-,17-,18-,19-,20-,22-,23+/m1/s1. The Hall–Kier alpha value is -2.96. The van der Waals surface area contributed by atoms with Crippen LogP contribution in [0.5, 0.6) is 5.75 Å². The molecule has 2 bridgehead atoms. The second-order valence-corrected chi connectivity index (χ2v) is 9.62. The van der Waals surface area contributed by atoms with Crippen LogP contribution in [0.2, 0.25) is 0 Å². The summed E-state index contributed by atoms with van der Waals surface area (Å²) in [6.07, 6.45) is 7.15. The molecule has 7 atom stereocenters. The largest absolute Gasteiger partial charge is 0.497 e. The van der Waals surface area contributed by atoms with Crippen LogP contribution in [-0.4, -0.2) is 48.2 Å². The van der Waals surface area contributed by atoms with Crippen molar-refractivity contribution in [2.75, 3.05) is 13.7 Å². The van der Waals surface area contributed by atoms with Gasteiger partial charge in [-0.1, -0.05) is 31.9 Å². The molecular weight excluding hydrogens is 422 g/mol. The molecule has 33 heavy (non-hydrogen) atoms. The van der Waals surface area contributed by atoms with Gasteiger partial charge in [0, 0.05) is 5.56 Å². The average molecular weight is 452 g/mol. The number of likely N-dealkylation sites (tertiary alicyclic amines) is 1. The Morgan fingerprint density at radius 3 is 2.18 bits per heavy atom. The first-order valence-electron chi connectivity index (χ1n) is 11.8. The Morgan fingerprint density at radius 2 is 1.64 bits per heavy atom. The SMILES string of the molecule is CCCC[C@H](C(=O)OCC(=O)c1ccc(OC)cc1)N1C(=O)[C@@H]2[C@@H]3C=C[C@H]([C@H]4C[C@H]34)[C@@H]2C1=O. The van der Waals surface area contributed by atoms with Crippen molar-refractivity contribution < 1.29 is 28.7 Å². The van der Waals surface area contributed by atoms with Crippen molar-refractivity contribution in [3.8, 4) is 5.75 Å². The first-order valence-corrected chi connectivity index (χ1v) is 11.8. The van der Waals surface area contributed by atoms with Crippen molar-refractivity contribution in [3.05, 3.63) is 42.0 Å². The van der Waals surface area contributed by atoms with Crippen LogP contribution in [0.25, 0.3) is 0 Å². The Morgan fingerprint density at radius 1 is 1.03 bits per heavy atom. The van der Waals surface area contributed by atoms with Crippen molar-refractivity contribution in [3.63, 3.8) is 0 Å². The summed E-state index contributed by atoms with van der Waals surface area (Å²) in [6, 6.07) is 5.56. The molecule has 7 nitrogen and oxygen atoms in total. The van der Waals surface area contributed by atoms with Crippen LogP contribution < -0.4 is 4.74 Å². The Kier molecular flexibility index (Phi) is 5.59. The average Bonchev–Trinajstić information content (AvgIpc) is 3.62. The molecule has 2 amide bonds. The maximum absolute atomic E-state index is 13.4. The van der Waals surface area contributed by atoms with Gasteiger partial charge in [0.25, 0.3) is 0 Å². The summed E-state index contributed by atoms with van der Waals surface area (Å²) in [5.74, 6) is -0.394. The predicted molar refractivity (Wildman–Crippen MR) is 118 cm³/mol. The number of carbonyl (C=O) groups excluding carboxylic acids is 4. The normalized spacial score (nSPS) is 31.8. The number of imide groups is 1. The van der Waals surface area contributed by atoms with E-state index in [2.05, 4.69) is 12.2 Å². The van der Waals surface area contributed by atoms with Gasteiger partial charge in [-0.2, -0.15) is 0 Å². The molecule has 1 aromatic rings. The van der Waals surface area contributed by atoms with Crippen molar-refractivity contribution >= 4 is 23.6 Å². The van der Waals surface area contributed by atoms with Crippen LogP contribution in [-0.2, 0) is 19.1 Å². The van der Waals surface area contributed by atoms with E-state index in [1.807, 2.05) is 6.92 Å². The van der Waals surface area contributed by atoms with Crippen LogP contribution >= 0.6 is 0 Å². The van der Waals surface area contributed by atoms with Crippen molar-refractivity contribution in [1.82, 2.24) is 4.90 Å². The van der Waals surface area contributed by atoms with Gasteiger partial charge in [-0.25, -0.2) is 4.79 Å². The van der Waals surface area contributed by atoms with E-state index in [0.29, 0.717) is 36.0 Å². The minimum absolute atomic E-state index is 0.103. The molecule has 1 saturated heterocycles. The highest BCUT2D eigenvalue weighted by atomic mass is 16.5. The van der Waals surface area contributed by atoms with Gasteiger partial charge in [0.2, 0.25) is 11.8 Å². The molecule has 5 aliphatic rings. The van der Waals surface area contributed by atoms with Crippen molar-refractivity contribution in [2.45, 2.75) is 38.6 Å². The third kappa shape index (κ3) is 3.58. The highest BCUT2D eigenvalue weighted by molar-refractivity contribution is 6.09. The zero-order valence-electron chi connectivity index (χ0n) is 18.9. The number of allylic oxidation sites excluding steroid dienone is 2. The predicted octanol–water partition coefficient (Wildman–Crippen LogP) is 3.03. The topological polar surface area (TPSA) is 90.0 Å². The summed E-state index contributed by atoms with van der Waals surface area (Å²) in [6.45, 7) is 1.55. The summed E-state index contributed by atoms with van der Waals surface area (Å²) < 4.78 is 10.4. The van der Waals surface area contributed by atoms with Gasteiger partial charge in [-0.3, -0.25) is 19.3 Å². The van der Waals surface area contributed by atoms with Gasteiger partial charge in [-0.05, 0) is 60.8 Å². The lowest BCUT2D eigenvalue weighted by Gasteiger charge is -2.37. The smallest absolute Gasteiger partial charge is 0.329 e. The van der Waals surface area contributed by atoms with Gasteiger partial charge in [0.15, 0.2) is 12.4 Å². The van der Waals surface area contributed by atoms with E-state index in [-0.39, 0.29) is 41.3 Å². The maximum Gasteiger partial charge on any atom is 0.329 e. The van der Waals surface area contributed by atoms with Crippen LogP contribution in [0, 0.1) is 35.5 Å². The summed E-state index contributed by atoms with van der Waals surface area (Å²) in [5.41, 5.74) is 0.398. The van der Waals surface area contributed by atoms with Gasteiger partial charge >= 0.3 is 5.97 Å². The number of amides is 2. The van der Waals surface area contributed by atoms with Crippen molar-refractivity contribution in [1.29, 1.82) is 0 Å². The summed E-state index contributed by atoms with van der Waals surface area (Å²) in [7, 11) is 1.54. The van der Waals surface area contributed by atoms with Crippen LogP contribution in [0.4, 0.5) is 0 Å². The molecule has 174 valence electrons. The molecule has 6 rings (SSSR count). The zero-order valence-corrected chi connectivity index (χ0v) is 18.9. The van der Waals surface area contributed by atoms with Crippen LogP contribution in [0.3, 0.4) is 0 Å². The number of Topliss-reactive ketones (excluding diaryl/α,β-unsaturated/α-hetero) is 1. The molecular formula is C26H29NO6. The third-order valence-electron chi connectivity index (χ3n) is 7.87. The van der Waals surface area contributed by atoms with Gasteiger partial charge in [0.05, 0.1) is 18.9 Å². The Bertz CT molecular complexity index is 978. The van der Waals surface area contributed by atoms with Crippen LogP contribution in [0.15, 0.2) is 36.4 Å². The first kappa shape index (κ1) is 21.9. The number of ketones is 1. The van der Waals surface area contributed by atoms with Crippen LogP contribution in [0.1, 0.15) is 43.0 Å².